The smallest absolute Gasteiger partial charge is 0.324 e. The molecule has 2 rings (SSSR count). The first-order valence-electron chi connectivity index (χ1n) is 6.66. The second-order valence-electron chi connectivity index (χ2n) is 5.22. The van der Waals surface area contributed by atoms with Gasteiger partial charge in [0.25, 0.3) is 0 Å². The summed E-state index contributed by atoms with van der Waals surface area (Å²) < 4.78 is 38.2. The van der Waals surface area contributed by atoms with Crippen molar-refractivity contribution in [3.05, 3.63) is 28.8 Å². The first-order chi connectivity index (χ1) is 9.77. The number of piperidine rings is 1. The van der Waals surface area contributed by atoms with Crippen LogP contribution in [0.1, 0.15) is 18.4 Å². The molecule has 7 heteroatoms. The van der Waals surface area contributed by atoms with Crippen LogP contribution in [-0.2, 0) is 0 Å². The largest absolute Gasteiger partial charge is 0.393 e. The summed E-state index contributed by atoms with van der Waals surface area (Å²) >= 11 is 5.82. The normalized spacial score (nSPS) is 19.5. The SMILES string of the molecule is Cc1cc(Cl)ccc1NC(=O)N1CCC[C@@H](C(F)(F)F)C1. The third kappa shape index (κ3) is 4.03. The number of carbonyl (C=O) groups is 1. The molecule has 0 bridgehead atoms. The van der Waals surface area contributed by atoms with Gasteiger partial charge in [-0.25, -0.2) is 4.79 Å². The van der Waals surface area contributed by atoms with Crippen LogP contribution >= 0.6 is 11.6 Å². The molecular formula is C14H16ClF3N2O. The Morgan fingerprint density at radius 3 is 2.76 bits per heavy atom. The van der Waals surface area contributed by atoms with Crippen LogP contribution in [0.5, 0.6) is 0 Å². The maximum absolute atomic E-state index is 12.7. The van der Waals surface area contributed by atoms with E-state index in [0.29, 0.717) is 23.7 Å². The van der Waals surface area contributed by atoms with Gasteiger partial charge in [-0.2, -0.15) is 13.2 Å². The van der Waals surface area contributed by atoms with Crippen LogP contribution in [0.15, 0.2) is 18.2 Å². The lowest BCUT2D eigenvalue weighted by Crippen LogP contribution is -2.46. The summed E-state index contributed by atoms with van der Waals surface area (Å²) in [6, 6.07) is 4.44. The molecule has 1 aliphatic rings. The van der Waals surface area contributed by atoms with Gasteiger partial charge in [0, 0.05) is 23.8 Å². The molecule has 0 aliphatic carbocycles. The van der Waals surface area contributed by atoms with Gasteiger partial charge in [-0.1, -0.05) is 11.6 Å². The summed E-state index contributed by atoms with van der Waals surface area (Å²) in [5.41, 5.74) is 1.32. The molecule has 1 saturated heterocycles. The number of benzene rings is 1. The molecule has 3 nitrogen and oxygen atoms in total. The number of aryl methyl sites for hydroxylation is 1. The average Bonchev–Trinajstić information content (AvgIpc) is 2.41. The molecule has 1 heterocycles. The van der Waals surface area contributed by atoms with Crippen LogP contribution in [-0.4, -0.2) is 30.2 Å². The van der Waals surface area contributed by atoms with E-state index in [1.54, 1.807) is 25.1 Å². The zero-order chi connectivity index (χ0) is 15.6. The molecule has 0 spiro atoms. The molecule has 0 aromatic heterocycles. The summed E-state index contributed by atoms with van der Waals surface area (Å²) in [4.78, 5) is 13.3. The Morgan fingerprint density at radius 1 is 1.43 bits per heavy atom. The Kier molecular flexibility index (Phi) is 4.66. The van der Waals surface area contributed by atoms with E-state index in [9.17, 15) is 18.0 Å². The van der Waals surface area contributed by atoms with Crippen LogP contribution in [0.4, 0.5) is 23.7 Å². The van der Waals surface area contributed by atoms with Crippen LogP contribution in [0.3, 0.4) is 0 Å². The van der Waals surface area contributed by atoms with Crippen molar-refractivity contribution >= 4 is 23.3 Å². The number of amides is 2. The van der Waals surface area contributed by atoms with Crippen molar-refractivity contribution in [1.82, 2.24) is 4.90 Å². The van der Waals surface area contributed by atoms with Crippen molar-refractivity contribution < 1.29 is 18.0 Å². The summed E-state index contributed by atoms with van der Waals surface area (Å²) in [7, 11) is 0. The maximum atomic E-state index is 12.7. The van der Waals surface area contributed by atoms with Gasteiger partial charge in [0.15, 0.2) is 0 Å². The van der Waals surface area contributed by atoms with Crippen molar-refractivity contribution in [2.24, 2.45) is 5.92 Å². The second-order valence-corrected chi connectivity index (χ2v) is 5.65. The Morgan fingerprint density at radius 2 is 2.14 bits per heavy atom. The van der Waals surface area contributed by atoms with E-state index in [1.807, 2.05) is 0 Å². The number of alkyl halides is 3. The zero-order valence-corrected chi connectivity index (χ0v) is 12.3. The number of likely N-dealkylation sites (tertiary alicyclic amines) is 1. The predicted molar refractivity (Wildman–Crippen MR) is 75.6 cm³/mol. The van der Waals surface area contributed by atoms with Gasteiger partial charge >= 0.3 is 12.2 Å². The van der Waals surface area contributed by atoms with Crippen molar-refractivity contribution in [2.45, 2.75) is 25.9 Å². The second kappa shape index (κ2) is 6.13. The molecule has 21 heavy (non-hydrogen) atoms. The number of hydrogen-bond acceptors (Lipinski definition) is 1. The summed E-state index contributed by atoms with van der Waals surface area (Å²) in [6.45, 7) is 1.82. The fraction of sp³-hybridized carbons (Fsp3) is 0.500. The molecule has 0 radical (unpaired) electrons. The van der Waals surface area contributed by atoms with Gasteiger partial charge in [-0.3, -0.25) is 0 Å². The quantitative estimate of drug-likeness (QED) is 0.814. The van der Waals surface area contributed by atoms with Gasteiger partial charge in [-0.15, -0.1) is 0 Å². The third-order valence-corrected chi connectivity index (χ3v) is 3.84. The van der Waals surface area contributed by atoms with E-state index >= 15 is 0 Å². The number of anilines is 1. The molecular weight excluding hydrogens is 305 g/mol. The molecule has 116 valence electrons. The van der Waals surface area contributed by atoms with Crippen molar-refractivity contribution in [3.8, 4) is 0 Å². The maximum Gasteiger partial charge on any atom is 0.393 e. The monoisotopic (exact) mass is 320 g/mol. The number of nitrogens with one attached hydrogen (secondary N) is 1. The topological polar surface area (TPSA) is 32.3 Å². The summed E-state index contributed by atoms with van der Waals surface area (Å²) in [6.07, 6.45) is -3.82. The van der Waals surface area contributed by atoms with Crippen molar-refractivity contribution in [2.75, 3.05) is 18.4 Å². The lowest BCUT2D eigenvalue weighted by molar-refractivity contribution is -0.183. The molecule has 0 saturated carbocycles. The van der Waals surface area contributed by atoms with Crippen molar-refractivity contribution in [1.29, 1.82) is 0 Å². The standard InChI is InChI=1S/C14H16ClF3N2O/c1-9-7-11(15)4-5-12(9)19-13(21)20-6-2-3-10(8-20)14(16,17)18/h4-5,7,10H,2-3,6,8H2,1H3,(H,19,21)/t10-/m1/s1. The van der Waals surface area contributed by atoms with Crippen LogP contribution in [0.2, 0.25) is 5.02 Å². The first-order valence-corrected chi connectivity index (χ1v) is 7.04. The van der Waals surface area contributed by atoms with E-state index in [1.165, 1.54) is 4.90 Å². The number of halogens is 4. The molecule has 1 N–H and O–H groups in total. The fourth-order valence-corrected chi connectivity index (χ4v) is 2.62. The van der Waals surface area contributed by atoms with Gasteiger partial charge in [0.05, 0.1) is 5.92 Å². The summed E-state index contributed by atoms with van der Waals surface area (Å²) in [5.74, 6) is -1.44. The molecule has 2 amide bonds. The molecule has 1 aliphatic heterocycles. The van der Waals surface area contributed by atoms with Crippen molar-refractivity contribution in [3.63, 3.8) is 0 Å². The van der Waals surface area contributed by atoms with E-state index < -0.39 is 18.1 Å². The number of urea groups is 1. The minimum absolute atomic E-state index is 0.0766. The highest BCUT2D eigenvalue weighted by molar-refractivity contribution is 6.30. The Bertz CT molecular complexity index is 533. The number of nitrogens with zero attached hydrogens (tertiary/aromatic N) is 1. The lowest BCUT2D eigenvalue weighted by atomic mass is 9.98. The van der Waals surface area contributed by atoms with E-state index in [-0.39, 0.29) is 13.0 Å². The first kappa shape index (κ1) is 15.9. The highest BCUT2D eigenvalue weighted by Crippen LogP contribution is 2.33. The predicted octanol–water partition coefficient (Wildman–Crippen LogP) is 4.45. The fourth-order valence-electron chi connectivity index (χ4n) is 2.39. The highest BCUT2D eigenvalue weighted by Gasteiger charge is 2.42. The Hall–Kier alpha value is -1.43. The number of rotatable bonds is 1. The average molecular weight is 321 g/mol. The highest BCUT2D eigenvalue weighted by atomic mass is 35.5. The van der Waals surface area contributed by atoms with E-state index in [4.69, 9.17) is 11.6 Å². The van der Waals surface area contributed by atoms with Gasteiger partial charge in [0.2, 0.25) is 0 Å². The number of carbonyl (C=O) groups excluding carboxylic acids is 1. The molecule has 1 aromatic rings. The third-order valence-electron chi connectivity index (χ3n) is 3.60. The van der Waals surface area contributed by atoms with Crippen LogP contribution in [0.25, 0.3) is 0 Å². The molecule has 1 aromatic carbocycles. The van der Waals surface area contributed by atoms with E-state index in [2.05, 4.69) is 5.32 Å². The van der Waals surface area contributed by atoms with Crippen LogP contribution < -0.4 is 5.32 Å². The molecule has 0 unspecified atom stereocenters. The van der Waals surface area contributed by atoms with Gasteiger partial charge in [0.1, 0.15) is 0 Å². The minimum Gasteiger partial charge on any atom is -0.324 e. The van der Waals surface area contributed by atoms with E-state index in [0.717, 1.165) is 5.56 Å². The molecule has 1 fully saturated rings. The lowest BCUT2D eigenvalue weighted by Gasteiger charge is -2.33. The van der Waals surface area contributed by atoms with Gasteiger partial charge < -0.3 is 10.2 Å². The minimum atomic E-state index is -4.25. The van der Waals surface area contributed by atoms with Crippen LogP contribution in [0, 0.1) is 12.8 Å². The summed E-state index contributed by atoms with van der Waals surface area (Å²) in [5, 5.41) is 3.18. The Balaban J connectivity index is 2.03. The molecule has 1 atom stereocenters. The van der Waals surface area contributed by atoms with Gasteiger partial charge in [-0.05, 0) is 43.5 Å². The Labute approximate surface area is 126 Å². The zero-order valence-electron chi connectivity index (χ0n) is 11.5. The number of hydrogen-bond donors (Lipinski definition) is 1.